The van der Waals surface area contributed by atoms with Crippen LogP contribution < -0.4 is 10.9 Å². The van der Waals surface area contributed by atoms with E-state index in [2.05, 4.69) is 17.8 Å². The molecule has 0 aliphatic carbocycles. The Morgan fingerprint density at radius 2 is 1.95 bits per heavy atom. The molecular weight excluding hydrogens is 244 g/mol. The number of aromatic hydroxyl groups is 1. The molecule has 1 rings (SSSR count). The number of nitrogens with one attached hydrogen (secondary N) is 2. The first-order valence-corrected chi connectivity index (χ1v) is 6.62. The SMILES string of the molecule is CCCCCNN[C@@H](Cc1ccc(O)cc1)C(=O)O. The molecule has 0 fully saturated rings. The van der Waals surface area contributed by atoms with Gasteiger partial charge in [-0.1, -0.05) is 31.9 Å². The highest BCUT2D eigenvalue weighted by atomic mass is 16.4. The maximum Gasteiger partial charge on any atom is 0.322 e. The number of aliphatic carboxylic acids is 1. The Labute approximate surface area is 113 Å². The third-order valence-electron chi connectivity index (χ3n) is 2.86. The molecule has 1 aromatic rings. The average molecular weight is 266 g/mol. The molecule has 19 heavy (non-hydrogen) atoms. The number of unbranched alkanes of at least 4 members (excludes halogenated alkanes) is 2. The number of rotatable bonds is 9. The molecule has 0 spiro atoms. The standard InChI is InChI=1S/C14H22N2O3/c1-2-3-4-9-15-16-13(14(18)19)10-11-5-7-12(17)8-6-11/h5-8,13,15-17H,2-4,9-10H2,1H3,(H,18,19)/t13-/m0/s1. The van der Waals surface area contributed by atoms with E-state index < -0.39 is 12.0 Å². The van der Waals surface area contributed by atoms with E-state index in [0.717, 1.165) is 31.4 Å². The third kappa shape index (κ3) is 6.22. The van der Waals surface area contributed by atoms with Gasteiger partial charge in [-0.25, -0.2) is 5.43 Å². The van der Waals surface area contributed by atoms with Crippen molar-refractivity contribution in [3.63, 3.8) is 0 Å². The lowest BCUT2D eigenvalue weighted by atomic mass is 10.1. The van der Waals surface area contributed by atoms with Crippen molar-refractivity contribution in [2.45, 2.75) is 38.6 Å². The summed E-state index contributed by atoms with van der Waals surface area (Å²) in [7, 11) is 0. The zero-order valence-corrected chi connectivity index (χ0v) is 11.2. The number of carbonyl (C=O) groups is 1. The molecule has 1 aromatic carbocycles. The highest BCUT2D eigenvalue weighted by Gasteiger charge is 2.16. The number of phenols is 1. The monoisotopic (exact) mass is 266 g/mol. The topological polar surface area (TPSA) is 81.6 Å². The van der Waals surface area contributed by atoms with Crippen LogP contribution in [0.2, 0.25) is 0 Å². The largest absolute Gasteiger partial charge is 0.508 e. The number of carboxylic acid groups (broad SMARTS) is 1. The van der Waals surface area contributed by atoms with E-state index in [9.17, 15) is 9.90 Å². The quantitative estimate of drug-likeness (QED) is 0.404. The molecule has 0 aromatic heterocycles. The molecule has 1 atom stereocenters. The summed E-state index contributed by atoms with van der Waals surface area (Å²) in [5, 5.41) is 18.3. The molecule has 0 saturated heterocycles. The first kappa shape index (κ1) is 15.5. The van der Waals surface area contributed by atoms with Gasteiger partial charge in [-0.3, -0.25) is 10.2 Å². The Bertz CT molecular complexity index is 379. The molecule has 0 aliphatic heterocycles. The molecule has 0 amide bonds. The summed E-state index contributed by atoms with van der Waals surface area (Å²) in [5.41, 5.74) is 6.65. The van der Waals surface area contributed by atoms with Gasteiger partial charge in [0.25, 0.3) is 0 Å². The fourth-order valence-electron chi connectivity index (χ4n) is 1.73. The molecule has 0 radical (unpaired) electrons. The van der Waals surface area contributed by atoms with Gasteiger partial charge < -0.3 is 10.2 Å². The van der Waals surface area contributed by atoms with Gasteiger partial charge in [-0.2, -0.15) is 0 Å². The lowest BCUT2D eigenvalue weighted by Crippen LogP contribution is -2.47. The molecular formula is C14H22N2O3. The van der Waals surface area contributed by atoms with Gasteiger partial charge in [-0.15, -0.1) is 0 Å². The molecule has 5 nitrogen and oxygen atoms in total. The number of benzene rings is 1. The Balaban J connectivity index is 2.40. The highest BCUT2D eigenvalue weighted by molar-refractivity contribution is 5.73. The highest BCUT2D eigenvalue weighted by Crippen LogP contribution is 2.11. The average Bonchev–Trinajstić information content (AvgIpc) is 2.39. The van der Waals surface area contributed by atoms with Gasteiger partial charge in [0.1, 0.15) is 11.8 Å². The zero-order valence-electron chi connectivity index (χ0n) is 11.2. The van der Waals surface area contributed by atoms with Crippen molar-refractivity contribution in [1.82, 2.24) is 10.9 Å². The minimum atomic E-state index is -0.893. The van der Waals surface area contributed by atoms with Crippen molar-refractivity contribution >= 4 is 5.97 Å². The van der Waals surface area contributed by atoms with Crippen LogP contribution in [-0.2, 0) is 11.2 Å². The van der Waals surface area contributed by atoms with Gasteiger partial charge >= 0.3 is 5.97 Å². The molecule has 0 unspecified atom stereocenters. The van der Waals surface area contributed by atoms with Crippen LogP contribution in [0.25, 0.3) is 0 Å². The summed E-state index contributed by atoms with van der Waals surface area (Å²) < 4.78 is 0. The van der Waals surface area contributed by atoms with Gasteiger partial charge in [-0.05, 0) is 30.5 Å². The van der Waals surface area contributed by atoms with E-state index in [1.54, 1.807) is 24.3 Å². The van der Waals surface area contributed by atoms with Crippen LogP contribution in [0.3, 0.4) is 0 Å². The summed E-state index contributed by atoms with van der Waals surface area (Å²) in [4.78, 5) is 11.1. The van der Waals surface area contributed by atoms with E-state index in [1.807, 2.05) is 0 Å². The Morgan fingerprint density at radius 3 is 2.53 bits per heavy atom. The molecule has 5 heteroatoms. The second kappa shape index (κ2) is 8.50. The molecule has 106 valence electrons. The van der Waals surface area contributed by atoms with Crippen molar-refractivity contribution in [3.05, 3.63) is 29.8 Å². The fraction of sp³-hybridized carbons (Fsp3) is 0.500. The zero-order chi connectivity index (χ0) is 14.1. The van der Waals surface area contributed by atoms with Crippen LogP contribution in [0.4, 0.5) is 0 Å². The first-order valence-electron chi connectivity index (χ1n) is 6.62. The van der Waals surface area contributed by atoms with Crippen LogP contribution in [0.15, 0.2) is 24.3 Å². The van der Waals surface area contributed by atoms with Crippen molar-refractivity contribution in [1.29, 1.82) is 0 Å². The second-order valence-electron chi connectivity index (χ2n) is 4.54. The minimum absolute atomic E-state index is 0.182. The third-order valence-corrected chi connectivity index (χ3v) is 2.86. The smallest absolute Gasteiger partial charge is 0.322 e. The normalized spacial score (nSPS) is 12.3. The second-order valence-corrected chi connectivity index (χ2v) is 4.54. The van der Waals surface area contributed by atoms with E-state index in [0.29, 0.717) is 6.42 Å². The summed E-state index contributed by atoms with van der Waals surface area (Å²) in [6.45, 7) is 2.88. The molecule has 0 aliphatic rings. The predicted octanol–water partition coefficient (Wildman–Crippen LogP) is 1.67. The number of hydrazine groups is 1. The lowest BCUT2D eigenvalue weighted by Gasteiger charge is -2.15. The maximum atomic E-state index is 11.1. The Kier molecular flexibility index (Phi) is 6.92. The molecule has 0 heterocycles. The van der Waals surface area contributed by atoms with Gasteiger partial charge in [0.2, 0.25) is 0 Å². The number of phenolic OH excluding ortho intramolecular Hbond substituents is 1. The van der Waals surface area contributed by atoms with Crippen molar-refractivity contribution in [2.75, 3.05) is 6.54 Å². The summed E-state index contributed by atoms with van der Waals surface area (Å²) in [5.74, 6) is -0.711. The van der Waals surface area contributed by atoms with E-state index in [1.165, 1.54) is 0 Å². The van der Waals surface area contributed by atoms with Gasteiger partial charge in [0, 0.05) is 6.54 Å². The van der Waals surface area contributed by atoms with Gasteiger partial charge in [0.15, 0.2) is 0 Å². The Hall–Kier alpha value is -1.59. The molecule has 0 saturated carbocycles. The van der Waals surface area contributed by atoms with Crippen LogP contribution in [0.5, 0.6) is 5.75 Å². The van der Waals surface area contributed by atoms with Crippen molar-refractivity contribution in [3.8, 4) is 5.75 Å². The number of hydrogen-bond donors (Lipinski definition) is 4. The van der Waals surface area contributed by atoms with Crippen molar-refractivity contribution in [2.24, 2.45) is 0 Å². The predicted molar refractivity (Wildman–Crippen MR) is 73.9 cm³/mol. The van der Waals surface area contributed by atoms with Crippen LogP contribution in [0.1, 0.15) is 31.7 Å². The summed E-state index contributed by atoms with van der Waals surface area (Å²) >= 11 is 0. The van der Waals surface area contributed by atoms with E-state index in [-0.39, 0.29) is 5.75 Å². The lowest BCUT2D eigenvalue weighted by molar-refractivity contribution is -0.139. The minimum Gasteiger partial charge on any atom is -0.508 e. The Morgan fingerprint density at radius 1 is 1.26 bits per heavy atom. The molecule has 0 bridgehead atoms. The van der Waals surface area contributed by atoms with Crippen LogP contribution >= 0.6 is 0 Å². The number of carboxylic acids is 1. The van der Waals surface area contributed by atoms with Crippen LogP contribution in [0, 0.1) is 0 Å². The van der Waals surface area contributed by atoms with Crippen molar-refractivity contribution < 1.29 is 15.0 Å². The summed E-state index contributed by atoms with van der Waals surface area (Å²) in [6.07, 6.45) is 3.66. The number of hydrogen-bond acceptors (Lipinski definition) is 4. The van der Waals surface area contributed by atoms with E-state index >= 15 is 0 Å². The first-order chi connectivity index (χ1) is 9.13. The van der Waals surface area contributed by atoms with E-state index in [4.69, 9.17) is 5.11 Å². The van der Waals surface area contributed by atoms with Crippen LogP contribution in [-0.4, -0.2) is 28.8 Å². The van der Waals surface area contributed by atoms with Gasteiger partial charge in [0.05, 0.1) is 0 Å². The summed E-state index contributed by atoms with van der Waals surface area (Å²) in [6, 6.07) is 5.89. The fourth-order valence-corrected chi connectivity index (χ4v) is 1.73. The maximum absolute atomic E-state index is 11.1. The molecule has 4 N–H and O–H groups in total.